The van der Waals surface area contributed by atoms with Gasteiger partial charge in [0.25, 0.3) is 5.91 Å². The number of amides is 3. The summed E-state index contributed by atoms with van der Waals surface area (Å²) in [6.45, 7) is 4.74. The summed E-state index contributed by atoms with van der Waals surface area (Å²) in [6, 6.07) is 7.82. The molecule has 2 aliphatic rings. The van der Waals surface area contributed by atoms with Crippen molar-refractivity contribution in [3.8, 4) is 0 Å². The van der Waals surface area contributed by atoms with Crippen LogP contribution in [0, 0.1) is 0 Å². The number of nitrogens with zero attached hydrogens (tertiary/aromatic N) is 3. The largest absolute Gasteiger partial charge is 0.376 e. The van der Waals surface area contributed by atoms with Crippen molar-refractivity contribution in [3.63, 3.8) is 0 Å². The molecule has 3 amide bonds. The van der Waals surface area contributed by atoms with Gasteiger partial charge in [-0.25, -0.2) is 4.98 Å². The van der Waals surface area contributed by atoms with E-state index in [-0.39, 0.29) is 23.3 Å². The maximum atomic E-state index is 12.8. The van der Waals surface area contributed by atoms with Crippen molar-refractivity contribution in [3.05, 3.63) is 35.3 Å². The Balaban J connectivity index is 1.46. The van der Waals surface area contributed by atoms with Gasteiger partial charge in [-0.15, -0.1) is 11.3 Å². The second-order valence-electron chi connectivity index (χ2n) is 7.54. The molecule has 1 aromatic heterocycles. The Morgan fingerprint density at radius 1 is 1.17 bits per heavy atom. The van der Waals surface area contributed by atoms with Crippen LogP contribution in [0.1, 0.15) is 37.2 Å². The lowest BCUT2D eigenvalue weighted by Gasteiger charge is -2.48. The van der Waals surface area contributed by atoms with E-state index in [1.165, 1.54) is 18.3 Å². The summed E-state index contributed by atoms with van der Waals surface area (Å²) in [5.41, 5.74) is 1.95. The summed E-state index contributed by atoms with van der Waals surface area (Å²) in [5, 5.41) is 8.33. The van der Waals surface area contributed by atoms with Gasteiger partial charge in [0.1, 0.15) is 5.69 Å². The highest BCUT2D eigenvalue weighted by Gasteiger charge is 2.42. The van der Waals surface area contributed by atoms with Crippen LogP contribution in [0.2, 0.25) is 0 Å². The van der Waals surface area contributed by atoms with Gasteiger partial charge in [-0.2, -0.15) is 0 Å². The van der Waals surface area contributed by atoms with Gasteiger partial charge in [-0.1, -0.05) is 12.1 Å². The first kappa shape index (κ1) is 19.4. The predicted octanol–water partition coefficient (Wildman–Crippen LogP) is 2.55. The van der Waals surface area contributed by atoms with Crippen LogP contribution in [-0.4, -0.2) is 52.8 Å². The zero-order valence-electron chi connectivity index (χ0n) is 16.4. The zero-order chi connectivity index (χ0) is 20.6. The first-order chi connectivity index (χ1) is 13.9. The van der Waals surface area contributed by atoms with Crippen molar-refractivity contribution in [2.24, 2.45) is 0 Å². The molecule has 2 aliphatic heterocycles. The Morgan fingerprint density at radius 3 is 2.59 bits per heavy atom. The molecule has 2 aromatic rings. The molecule has 3 heterocycles. The van der Waals surface area contributed by atoms with Crippen LogP contribution in [0.15, 0.2) is 29.6 Å². The fourth-order valence-electron chi connectivity index (χ4n) is 3.97. The summed E-state index contributed by atoms with van der Waals surface area (Å²) in [7, 11) is 0. The van der Waals surface area contributed by atoms with E-state index in [0.717, 1.165) is 24.2 Å². The number of likely N-dealkylation sites (tertiary alicyclic amines) is 1. The Bertz CT molecular complexity index is 965. The highest BCUT2D eigenvalue weighted by Crippen LogP contribution is 2.39. The molecule has 1 spiro atoms. The number of piperidine rings is 1. The molecular weight excluding hydrogens is 390 g/mol. The fourth-order valence-corrected chi connectivity index (χ4v) is 4.70. The van der Waals surface area contributed by atoms with E-state index in [2.05, 4.69) is 15.6 Å². The van der Waals surface area contributed by atoms with E-state index in [0.29, 0.717) is 30.5 Å². The molecule has 1 saturated heterocycles. The smallest absolute Gasteiger partial charge is 0.273 e. The molecule has 0 unspecified atom stereocenters. The van der Waals surface area contributed by atoms with E-state index >= 15 is 0 Å². The van der Waals surface area contributed by atoms with E-state index in [1.807, 2.05) is 29.2 Å². The van der Waals surface area contributed by atoms with Gasteiger partial charge in [0.2, 0.25) is 11.8 Å². The third kappa shape index (κ3) is 3.82. The molecule has 152 valence electrons. The van der Waals surface area contributed by atoms with Crippen LogP contribution in [0.4, 0.5) is 16.5 Å². The van der Waals surface area contributed by atoms with E-state index in [1.54, 1.807) is 17.2 Å². The summed E-state index contributed by atoms with van der Waals surface area (Å²) in [5.74, 6) is -0.325. The Labute approximate surface area is 172 Å². The number of thiazole rings is 1. The van der Waals surface area contributed by atoms with Crippen LogP contribution >= 0.6 is 11.3 Å². The molecule has 0 bridgehead atoms. The van der Waals surface area contributed by atoms with Crippen LogP contribution < -0.4 is 15.5 Å². The number of anilines is 3. The summed E-state index contributed by atoms with van der Waals surface area (Å²) in [4.78, 5) is 44.0. The number of fused-ring (bicyclic) bond motifs is 1. The Morgan fingerprint density at radius 2 is 1.90 bits per heavy atom. The van der Waals surface area contributed by atoms with Crippen molar-refractivity contribution >= 4 is 45.6 Å². The van der Waals surface area contributed by atoms with Crippen molar-refractivity contribution < 1.29 is 14.4 Å². The second kappa shape index (κ2) is 7.47. The Hall–Kier alpha value is -2.94. The van der Waals surface area contributed by atoms with Gasteiger partial charge in [-0.3, -0.25) is 14.4 Å². The molecule has 1 fully saturated rings. The highest BCUT2D eigenvalue weighted by molar-refractivity contribution is 7.14. The topological polar surface area (TPSA) is 94.6 Å². The summed E-state index contributed by atoms with van der Waals surface area (Å²) in [6.07, 6.45) is 1.47. The molecule has 4 rings (SSSR count). The van der Waals surface area contributed by atoms with E-state index < -0.39 is 0 Å². The van der Waals surface area contributed by atoms with Gasteiger partial charge in [0.05, 0.1) is 16.9 Å². The minimum absolute atomic E-state index is 0.0183. The van der Waals surface area contributed by atoms with Crippen molar-refractivity contribution in [1.82, 2.24) is 9.88 Å². The van der Waals surface area contributed by atoms with Crippen LogP contribution in [0.3, 0.4) is 0 Å². The lowest BCUT2D eigenvalue weighted by atomic mass is 9.84. The first-order valence-electron chi connectivity index (χ1n) is 9.55. The third-order valence-corrected chi connectivity index (χ3v) is 6.21. The van der Waals surface area contributed by atoms with E-state index in [9.17, 15) is 14.4 Å². The summed E-state index contributed by atoms with van der Waals surface area (Å²) < 4.78 is 0. The number of carbonyl (C=O) groups is 3. The molecule has 8 nitrogen and oxygen atoms in total. The van der Waals surface area contributed by atoms with Gasteiger partial charge in [0, 0.05) is 38.9 Å². The number of hydrogen-bond donors (Lipinski definition) is 2. The number of nitrogens with one attached hydrogen (secondary N) is 2. The number of aromatic nitrogens is 1. The minimum atomic E-state index is -0.250. The molecule has 0 aliphatic carbocycles. The SMILES string of the molecule is CC(=O)Nc1nc(C(=O)N2CCC3(CC2)CN(C(C)=O)c2ccccc2N3)cs1. The van der Waals surface area contributed by atoms with Crippen LogP contribution in [0.25, 0.3) is 0 Å². The lowest BCUT2D eigenvalue weighted by molar-refractivity contribution is -0.117. The van der Waals surface area contributed by atoms with Crippen molar-refractivity contribution in [1.29, 1.82) is 0 Å². The average molecular weight is 414 g/mol. The molecule has 0 radical (unpaired) electrons. The molecule has 0 saturated carbocycles. The lowest BCUT2D eigenvalue weighted by Crippen LogP contribution is -2.59. The molecule has 0 atom stereocenters. The number of benzene rings is 1. The normalized spacial score (nSPS) is 17.4. The second-order valence-corrected chi connectivity index (χ2v) is 8.40. The quantitative estimate of drug-likeness (QED) is 0.789. The van der Waals surface area contributed by atoms with Gasteiger partial charge in [0.15, 0.2) is 5.13 Å². The summed E-state index contributed by atoms with van der Waals surface area (Å²) >= 11 is 1.24. The maximum absolute atomic E-state index is 12.8. The van der Waals surface area contributed by atoms with Crippen molar-refractivity contribution in [2.75, 3.05) is 35.2 Å². The number of para-hydroxylation sites is 2. The third-order valence-electron chi connectivity index (χ3n) is 5.45. The molecule has 9 heteroatoms. The molecule has 1 aromatic carbocycles. The van der Waals surface area contributed by atoms with Crippen molar-refractivity contribution in [2.45, 2.75) is 32.2 Å². The van der Waals surface area contributed by atoms with Crippen LogP contribution in [0.5, 0.6) is 0 Å². The standard InChI is InChI=1S/C20H23N5O3S/c1-13(26)21-19-22-16(11-29-19)18(28)24-9-7-20(8-10-24)12-25(14(2)27)17-6-4-3-5-15(17)23-20/h3-6,11,23H,7-10,12H2,1-2H3,(H,21,22,26). The monoisotopic (exact) mass is 413 g/mol. The van der Waals surface area contributed by atoms with Gasteiger partial charge in [-0.05, 0) is 25.0 Å². The molecule has 2 N–H and O–H groups in total. The van der Waals surface area contributed by atoms with Gasteiger partial charge >= 0.3 is 0 Å². The number of hydrogen-bond acceptors (Lipinski definition) is 6. The van der Waals surface area contributed by atoms with Crippen LogP contribution in [-0.2, 0) is 9.59 Å². The minimum Gasteiger partial charge on any atom is -0.376 e. The zero-order valence-corrected chi connectivity index (χ0v) is 17.2. The highest BCUT2D eigenvalue weighted by atomic mass is 32.1. The van der Waals surface area contributed by atoms with Gasteiger partial charge < -0.3 is 20.4 Å². The first-order valence-corrected chi connectivity index (χ1v) is 10.4. The maximum Gasteiger partial charge on any atom is 0.273 e. The predicted molar refractivity (Wildman–Crippen MR) is 112 cm³/mol. The van der Waals surface area contributed by atoms with E-state index in [4.69, 9.17) is 0 Å². The Kier molecular flexibility index (Phi) is 4.99. The molecular formula is C20H23N5O3S. The fraction of sp³-hybridized carbons (Fsp3) is 0.400. The molecule has 29 heavy (non-hydrogen) atoms. The number of carbonyl (C=O) groups excluding carboxylic acids is 3. The number of rotatable bonds is 2. The average Bonchev–Trinajstić information content (AvgIpc) is 3.15.